The third kappa shape index (κ3) is 5.65. The van der Waals surface area contributed by atoms with Gasteiger partial charge in [-0.15, -0.1) is 0 Å². The third-order valence-corrected chi connectivity index (χ3v) is 4.12. The number of ether oxygens (including phenoxy) is 2. The Balaban J connectivity index is 1.70. The molecule has 0 radical (unpaired) electrons. The number of pyridine rings is 1. The van der Waals surface area contributed by atoms with Crippen LogP contribution in [0.3, 0.4) is 0 Å². The number of nitrogens with zero attached hydrogens (tertiary/aromatic N) is 2. The lowest BCUT2D eigenvalue weighted by Gasteiger charge is -2.11. The minimum atomic E-state index is -0.529. The van der Waals surface area contributed by atoms with Crippen molar-refractivity contribution < 1.29 is 19.1 Å². The maximum Gasteiger partial charge on any atom is 0.343 e. The Hall–Kier alpha value is -3.71. The van der Waals surface area contributed by atoms with Gasteiger partial charge in [0.05, 0.1) is 18.4 Å². The van der Waals surface area contributed by atoms with E-state index in [1.807, 2.05) is 6.92 Å². The molecule has 1 aromatic heterocycles. The van der Waals surface area contributed by atoms with Crippen molar-refractivity contribution in [1.82, 2.24) is 10.4 Å². The Kier molecular flexibility index (Phi) is 7.13. The monoisotopic (exact) mass is 423 g/mol. The number of benzene rings is 2. The first kappa shape index (κ1) is 21.0. The van der Waals surface area contributed by atoms with Gasteiger partial charge < -0.3 is 9.47 Å². The molecule has 7 nitrogen and oxygen atoms in total. The zero-order valence-electron chi connectivity index (χ0n) is 16.0. The van der Waals surface area contributed by atoms with Crippen molar-refractivity contribution in [3.63, 3.8) is 0 Å². The van der Waals surface area contributed by atoms with Crippen LogP contribution in [0.15, 0.2) is 72.1 Å². The van der Waals surface area contributed by atoms with Gasteiger partial charge in [-0.05, 0) is 67.1 Å². The van der Waals surface area contributed by atoms with Crippen molar-refractivity contribution in [2.24, 2.45) is 5.10 Å². The SMILES string of the molecule is CCOc1cc(/C=N\NC(=O)c2ccncc2)ccc1OC(=O)c1ccc(Cl)cc1. The minimum Gasteiger partial charge on any atom is -0.490 e. The van der Waals surface area contributed by atoms with Crippen LogP contribution in [0.2, 0.25) is 5.02 Å². The van der Waals surface area contributed by atoms with Crippen molar-refractivity contribution in [2.75, 3.05) is 6.61 Å². The molecule has 2 aromatic carbocycles. The van der Waals surface area contributed by atoms with E-state index in [0.29, 0.717) is 34.1 Å². The number of hydrogen-bond acceptors (Lipinski definition) is 6. The van der Waals surface area contributed by atoms with Gasteiger partial charge in [0, 0.05) is 23.0 Å². The van der Waals surface area contributed by atoms with Crippen LogP contribution in [0.4, 0.5) is 0 Å². The second-order valence-corrected chi connectivity index (χ2v) is 6.41. The number of amides is 1. The molecule has 0 fully saturated rings. The lowest BCUT2D eigenvalue weighted by Crippen LogP contribution is -2.17. The molecule has 0 bridgehead atoms. The second kappa shape index (κ2) is 10.2. The number of esters is 1. The average Bonchev–Trinajstić information content (AvgIpc) is 2.76. The van der Waals surface area contributed by atoms with E-state index < -0.39 is 5.97 Å². The van der Waals surface area contributed by atoms with Crippen LogP contribution in [-0.2, 0) is 0 Å². The topological polar surface area (TPSA) is 89.9 Å². The number of hydrazone groups is 1. The molecule has 0 saturated carbocycles. The number of halogens is 1. The number of carbonyl (C=O) groups is 2. The summed E-state index contributed by atoms with van der Waals surface area (Å²) in [6.07, 6.45) is 4.51. The summed E-state index contributed by atoms with van der Waals surface area (Å²) in [6, 6.07) is 14.5. The van der Waals surface area contributed by atoms with E-state index in [9.17, 15) is 9.59 Å². The lowest BCUT2D eigenvalue weighted by molar-refractivity contribution is 0.0728. The Morgan fingerprint density at radius 3 is 2.47 bits per heavy atom. The molecule has 0 unspecified atom stereocenters. The fourth-order valence-electron chi connectivity index (χ4n) is 2.44. The van der Waals surface area contributed by atoms with Crippen molar-refractivity contribution in [1.29, 1.82) is 0 Å². The van der Waals surface area contributed by atoms with Gasteiger partial charge in [0.15, 0.2) is 11.5 Å². The van der Waals surface area contributed by atoms with E-state index in [4.69, 9.17) is 21.1 Å². The highest BCUT2D eigenvalue weighted by atomic mass is 35.5. The zero-order valence-corrected chi connectivity index (χ0v) is 16.8. The molecule has 3 aromatic rings. The first-order valence-electron chi connectivity index (χ1n) is 9.05. The van der Waals surface area contributed by atoms with Gasteiger partial charge in [-0.2, -0.15) is 5.10 Å². The van der Waals surface area contributed by atoms with Crippen LogP contribution in [-0.4, -0.2) is 29.7 Å². The molecule has 0 saturated heterocycles. The van der Waals surface area contributed by atoms with Gasteiger partial charge >= 0.3 is 5.97 Å². The number of hydrogen-bond donors (Lipinski definition) is 1. The largest absolute Gasteiger partial charge is 0.490 e. The van der Waals surface area contributed by atoms with Crippen LogP contribution in [0.5, 0.6) is 11.5 Å². The van der Waals surface area contributed by atoms with E-state index in [-0.39, 0.29) is 11.7 Å². The minimum absolute atomic E-state index is 0.273. The van der Waals surface area contributed by atoms with Crippen molar-refractivity contribution in [3.8, 4) is 11.5 Å². The number of aromatic nitrogens is 1. The fraction of sp³-hybridized carbons (Fsp3) is 0.0909. The van der Waals surface area contributed by atoms with Gasteiger partial charge in [-0.3, -0.25) is 9.78 Å². The van der Waals surface area contributed by atoms with Gasteiger partial charge in [0.2, 0.25) is 0 Å². The van der Waals surface area contributed by atoms with E-state index in [0.717, 1.165) is 0 Å². The number of carbonyl (C=O) groups excluding carboxylic acids is 2. The van der Waals surface area contributed by atoms with Crippen LogP contribution in [0, 0.1) is 0 Å². The summed E-state index contributed by atoms with van der Waals surface area (Å²) in [5.74, 6) is -0.232. The Bertz CT molecular complexity index is 1050. The molecule has 0 aliphatic carbocycles. The Morgan fingerprint density at radius 2 is 1.77 bits per heavy atom. The molecule has 0 aliphatic rings. The van der Waals surface area contributed by atoms with Crippen LogP contribution in [0.25, 0.3) is 0 Å². The first-order chi connectivity index (χ1) is 14.6. The predicted molar refractivity (Wildman–Crippen MR) is 113 cm³/mol. The molecular weight excluding hydrogens is 406 g/mol. The predicted octanol–water partition coefficient (Wildman–Crippen LogP) is 4.12. The molecule has 1 heterocycles. The molecule has 0 spiro atoms. The normalized spacial score (nSPS) is 10.6. The van der Waals surface area contributed by atoms with Crippen LogP contribution < -0.4 is 14.9 Å². The average molecular weight is 424 g/mol. The number of nitrogens with one attached hydrogen (secondary N) is 1. The van der Waals surface area contributed by atoms with E-state index in [1.54, 1.807) is 54.6 Å². The molecule has 1 amide bonds. The standard InChI is InChI=1S/C22H18ClN3O4/c1-2-29-20-13-15(14-25-26-21(27)16-9-11-24-12-10-16)3-8-19(20)30-22(28)17-4-6-18(23)7-5-17/h3-14H,2H2,1H3,(H,26,27)/b25-14-. The smallest absolute Gasteiger partial charge is 0.343 e. The summed E-state index contributed by atoms with van der Waals surface area (Å²) in [5, 5.41) is 4.47. The van der Waals surface area contributed by atoms with Crippen molar-refractivity contribution in [2.45, 2.75) is 6.92 Å². The van der Waals surface area contributed by atoms with Crippen LogP contribution >= 0.6 is 11.6 Å². The van der Waals surface area contributed by atoms with E-state index in [2.05, 4.69) is 15.5 Å². The van der Waals surface area contributed by atoms with Crippen molar-refractivity contribution >= 4 is 29.7 Å². The maximum absolute atomic E-state index is 12.3. The first-order valence-corrected chi connectivity index (χ1v) is 9.42. The zero-order chi connectivity index (χ0) is 21.3. The second-order valence-electron chi connectivity index (χ2n) is 5.97. The maximum atomic E-state index is 12.3. The molecule has 0 aliphatic heterocycles. The Morgan fingerprint density at radius 1 is 1.03 bits per heavy atom. The van der Waals surface area contributed by atoms with E-state index in [1.165, 1.54) is 18.6 Å². The summed E-state index contributed by atoms with van der Waals surface area (Å²) in [4.78, 5) is 28.2. The number of rotatable bonds is 7. The molecule has 152 valence electrons. The quantitative estimate of drug-likeness (QED) is 0.267. The lowest BCUT2D eigenvalue weighted by atomic mass is 10.2. The molecule has 8 heteroatoms. The van der Waals surface area contributed by atoms with E-state index >= 15 is 0 Å². The van der Waals surface area contributed by atoms with Gasteiger partial charge in [0.25, 0.3) is 5.91 Å². The highest BCUT2D eigenvalue weighted by Gasteiger charge is 2.13. The highest BCUT2D eigenvalue weighted by Crippen LogP contribution is 2.29. The summed E-state index contributed by atoms with van der Waals surface area (Å²) in [5.41, 5.74) is 3.90. The Labute approximate surface area is 178 Å². The molecule has 0 atom stereocenters. The molecular formula is C22H18ClN3O4. The fourth-order valence-corrected chi connectivity index (χ4v) is 2.56. The van der Waals surface area contributed by atoms with Gasteiger partial charge in [-0.25, -0.2) is 10.2 Å². The van der Waals surface area contributed by atoms with Crippen molar-refractivity contribution in [3.05, 3.63) is 88.7 Å². The summed E-state index contributed by atoms with van der Waals surface area (Å²) >= 11 is 5.84. The molecule has 3 rings (SSSR count). The summed E-state index contributed by atoms with van der Waals surface area (Å²) < 4.78 is 11.0. The highest BCUT2D eigenvalue weighted by molar-refractivity contribution is 6.30. The van der Waals surface area contributed by atoms with Gasteiger partial charge in [0.1, 0.15) is 0 Å². The summed E-state index contributed by atoms with van der Waals surface area (Å²) in [6.45, 7) is 2.20. The third-order valence-electron chi connectivity index (χ3n) is 3.87. The van der Waals surface area contributed by atoms with Gasteiger partial charge in [-0.1, -0.05) is 11.6 Å². The van der Waals surface area contributed by atoms with Crippen LogP contribution in [0.1, 0.15) is 33.2 Å². The molecule has 1 N–H and O–H groups in total. The molecule has 30 heavy (non-hydrogen) atoms. The summed E-state index contributed by atoms with van der Waals surface area (Å²) in [7, 11) is 0.